The van der Waals surface area contributed by atoms with Crippen molar-refractivity contribution in [2.75, 3.05) is 0 Å². The van der Waals surface area contributed by atoms with Crippen molar-refractivity contribution in [3.8, 4) is 0 Å². The number of carbonyl (C=O) groups is 1. The van der Waals surface area contributed by atoms with Gasteiger partial charge in [-0.2, -0.15) is 0 Å². The van der Waals surface area contributed by atoms with Gasteiger partial charge in [0.2, 0.25) is 0 Å². The maximum absolute atomic E-state index is 11.9. The van der Waals surface area contributed by atoms with Gasteiger partial charge in [0.05, 0.1) is 0 Å². The maximum atomic E-state index is 11.9. The summed E-state index contributed by atoms with van der Waals surface area (Å²) in [6.07, 6.45) is 5.28. The van der Waals surface area contributed by atoms with Gasteiger partial charge in [-0.1, -0.05) is 0 Å². The van der Waals surface area contributed by atoms with Gasteiger partial charge in [-0.3, -0.25) is 4.79 Å². The Bertz CT molecular complexity index is 393. The number of aromatic nitrogens is 1. The number of carbonyl (C=O) groups excluding carboxylic acids is 1. The van der Waals surface area contributed by atoms with Crippen LogP contribution in [0.3, 0.4) is 0 Å². The molecule has 1 saturated carbocycles. The Balaban J connectivity index is 2.11. The van der Waals surface area contributed by atoms with Crippen LogP contribution in [0.1, 0.15) is 36.7 Å². The average molecular weight is 271 g/mol. The molecule has 1 aliphatic carbocycles. The van der Waals surface area contributed by atoms with Crippen molar-refractivity contribution in [1.29, 1.82) is 0 Å². The molecule has 4 heteroatoms. The third kappa shape index (κ3) is 2.09. The van der Waals surface area contributed by atoms with Crippen LogP contribution in [0.25, 0.3) is 0 Å². The van der Waals surface area contributed by atoms with Crippen LogP contribution in [0.15, 0.2) is 16.7 Å². The summed E-state index contributed by atoms with van der Waals surface area (Å²) in [7, 11) is 1.88. The molecular weight excluding hydrogens is 256 g/mol. The first-order chi connectivity index (χ1) is 7.00. The van der Waals surface area contributed by atoms with E-state index in [4.69, 9.17) is 0 Å². The van der Waals surface area contributed by atoms with E-state index in [1.807, 2.05) is 23.9 Å². The smallest absolute Gasteiger partial charge is 0.268 e. The van der Waals surface area contributed by atoms with E-state index >= 15 is 0 Å². The van der Waals surface area contributed by atoms with E-state index in [9.17, 15) is 4.79 Å². The molecule has 0 aromatic carbocycles. The summed E-state index contributed by atoms with van der Waals surface area (Å²) in [4.78, 5) is 11.9. The molecule has 1 heterocycles. The highest BCUT2D eigenvalue weighted by molar-refractivity contribution is 9.10. The molecule has 82 valence electrons. The molecule has 0 spiro atoms. The Labute approximate surface area is 98.0 Å². The van der Waals surface area contributed by atoms with Crippen LogP contribution < -0.4 is 5.32 Å². The Kier molecular flexibility index (Phi) is 2.63. The summed E-state index contributed by atoms with van der Waals surface area (Å²) in [5.74, 6) is 0.0189. The maximum Gasteiger partial charge on any atom is 0.268 e. The third-order valence-corrected chi connectivity index (χ3v) is 3.51. The topological polar surface area (TPSA) is 34.0 Å². The van der Waals surface area contributed by atoms with Gasteiger partial charge in [-0.15, -0.1) is 0 Å². The standard InChI is InChI=1S/C11H15BrN2O/c1-11(4-3-5-11)13-10(15)9-6-8(12)7-14(9)2/h6-7H,3-5H2,1-2H3,(H,13,15). The van der Waals surface area contributed by atoms with Gasteiger partial charge in [-0.05, 0) is 48.2 Å². The lowest BCUT2D eigenvalue weighted by Crippen LogP contribution is -2.51. The molecule has 1 N–H and O–H groups in total. The second-order valence-corrected chi connectivity index (χ2v) is 5.44. The van der Waals surface area contributed by atoms with Crippen molar-refractivity contribution in [3.63, 3.8) is 0 Å². The minimum atomic E-state index is 0.0189. The molecule has 0 saturated heterocycles. The van der Waals surface area contributed by atoms with Crippen molar-refractivity contribution in [1.82, 2.24) is 9.88 Å². The molecule has 0 radical (unpaired) electrons. The normalized spacial score (nSPS) is 18.3. The fraction of sp³-hybridized carbons (Fsp3) is 0.545. The van der Waals surface area contributed by atoms with Gasteiger partial charge >= 0.3 is 0 Å². The molecule has 1 amide bonds. The van der Waals surface area contributed by atoms with E-state index in [0.717, 1.165) is 17.3 Å². The highest BCUT2D eigenvalue weighted by Gasteiger charge is 2.33. The van der Waals surface area contributed by atoms with Crippen LogP contribution in [0.2, 0.25) is 0 Å². The van der Waals surface area contributed by atoms with Gasteiger partial charge in [0.1, 0.15) is 5.69 Å². The molecule has 0 aliphatic heterocycles. The number of aryl methyl sites for hydroxylation is 1. The molecule has 1 fully saturated rings. The van der Waals surface area contributed by atoms with Gasteiger partial charge in [0.25, 0.3) is 5.91 Å². The summed E-state index contributed by atoms with van der Waals surface area (Å²) in [6.45, 7) is 2.10. The van der Waals surface area contributed by atoms with Gasteiger partial charge < -0.3 is 9.88 Å². The zero-order valence-electron chi connectivity index (χ0n) is 9.01. The molecule has 0 atom stereocenters. The second kappa shape index (κ2) is 3.67. The summed E-state index contributed by atoms with van der Waals surface area (Å²) in [5, 5.41) is 3.08. The predicted octanol–water partition coefficient (Wildman–Crippen LogP) is 2.46. The summed E-state index contributed by atoms with van der Waals surface area (Å²) < 4.78 is 2.77. The summed E-state index contributed by atoms with van der Waals surface area (Å²) in [5.41, 5.74) is 0.725. The first kappa shape index (κ1) is 10.7. The largest absolute Gasteiger partial charge is 0.346 e. The fourth-order valence-corrected chi connectivity index (χ4v) is 2.44. The van der Waals surface area contributed by atoms with Gasteiger partial charge in [0, 0.05) is 23.3 Å². The third-order valence-electron chi connectivity index (χ3n) is 3.08. The molecule has 1 aromatic heterocycles. The Morgan fingerprint density at radius 1 is 1.60 bits per heavy atom. The zero-order valence-corrected chi connectivity index (χ0v) is 10.6. The number of nitrogens with one attached hydrogen (secondary N) is 1. The first-order valence-corrected chi connectivity index (χ1v) is 5.94. The van der Waals surface area contributed by atoms with E-state index in [0.29, 0.717) is 5.69 Å². The Morgan fingerprint density at radius 3 is 2.67 bits per heavy atom. The molecular formula is C11H15BrN2O. The zero-order chi connectivity index (χ0) is 11.1. The summed E-state index contributed by atoms with van der Waals surface area (Å²) in [6, 6.07) is 1.84. The molecule has 2 rings (SSSR count). The number of halogens is 1. The molecule has 0 bridgehead atoms. The number of hydrogen-bond donors (Lipinski definition) is 1. The van der Waals surface area contributed by atoms with Crippen molar-refractivity contribution >= 4 is 21.8 Å². The van der Waals surface area contributed by atoms with Crippen molar-refractivity contribution < 1.29 is 4.79 Å². The van der Waals surface area contributed by atoms with E-state index in [1.165, 1.54) is 6.42 Å². The number of amides is 1. The fourth-order valence-electron chi connectivity index (χ4n) is 1.92. The van der Waals surface area contributed by atoms with Crippen molar-refractivity contribution in [2.45, 2.75) is 31.7 Å². The lowest BCUT2D eigenvalue weighted by molar-refractivity contribution is 0.0842. The highest BCUT2D eigenvalue weighted by Crippen LogP contribution is 2.31. The van der Waals surface area contributed by atoms with Crippen LogP contribution in [-0.2, 0) is 7.05 Å². The predicted molar refractivity (Wildman–Crippen MR) is 62.8 cm³/mol. The monoisotopic (exact) mass is 270 g/mol. The lowest BCUT2D eigenvalue weighted by Gasteiger charge is -2.39. The van der Waals surface area contributed by atoms with Crippen LogP contribution in [-0.4, -0.2) is 16.0 Å². The molecule has 1 aromatic rings. The number of nitrogens with zero attached hydrogens (tertiary/aromatic N) is 1. The molecule has 0 unspecified atom stereocenters. The Morgan fingerprint density at radius 2 is 2.27 bits per heavy atom. The average Bonchev–Trinajstić information content (AvgIpc) is 2.42. The molecule has 15 heavy (non-hydrogen) atoms. The van der Waals surface area contributed by atoms with E-state index in [1.54, 1.807) is 0 Å². The minimum Gasteiger partial charge on any atom is -0.346 e. The number of hydrogen-bond acceptors (Lipinski definition) is 1. The van der Waals surface area contributed by atoms with Crippen molar-refractivity contribution in [2.24, 2.45) is 7.05 Å². The summed E-state index contributed by atoms with van der Waals surface area (Å²) >= 11 is 3.36. The SMILES string of the molecule is Cn1cc(Br)cc1C(=O)NC1(C)CCC1. The first-order valence-electron chi connectivity index (χ1n) is 5.15. The van der Waals surface area contributed by atoms with E-state index in [2.05, 4.69) is 28.2 Å². The quantitative estimate of drug-likeness (QED) is 0.880. The Hall–Kier alpha value is -0.770. The highest BCUT2D eigenvalue weighted by atomic mass is 79.9. The van der Waals surface area contributed by atoms with Crippen LogP contribution in [0.4, 0.5) is 0 Å². The minimum absolute atomic E-state index is 0.0189. The van der Waals surface area contributed by atoms with Gasteiger partial charge in [0.15, 0.2) is 0 Å². The van der Waals surface area contributed by atoms with Gasteiger partial charge in [-0.25, -0.2) is 0 Å². The molecule has 3 nitrogen and oxygen atoms in total. The van der Waals surface area contributed by atoms with Crippen LogP contribution in [0, 0.1) is 0 Å². The second-order valence-electron chi connectivity index (χ2n) is 4.52. The van der Waals surface area contributed by atoms with Crippen LogP contribution in [0.5, 0.6) is 0 Å². The lowest BCUT2D eigenvalue weighted by atomic mass is 9.78. The number of rotatable bonds is 2. The molecule has 1 aliphatic rings. The van der Waals surface area contributed by atoms with E-state index < -0.39 is 0 Å². The van der Waals surface area contributed by atoms with Crippen LogP contribution >= 0.6 is 15.9 Å². The van der Waals surface area contributed by atoms with E-state index in [-0.39, 0.29) is 11.4 Å². The van der Waals surface area contributed by atoms with Crippen molar-refractivity contribution in [3.05, 3.63) is 22.4 Å².